The van der Waals surface area contributed by atoms with Crippen LogP contribution in [0.2, 0.25) is 0 Å². The zero-order chi connectivity index (χ0) is 11.8. The van der Waals surface area contributed by atoms with Gasteiger partial charge in [0.15, 0.2) is 0 Å². The van der Waals surface area contributed by atoms with Gasteiger partial charge in [0, 0.05) is 26.4 Å². The lowest BCUT2D eigenvalue weighted by Gasteiger charge is -2.02. The molecule has 0 unspecified atom stereocenters. The van der Waals surface area contributed by atoms with E-state index in [1.807, 2.05) is 0 Å². The first-order valence-corrected chi connectivity index (χ1v) is 5.61. The number of unbranched alkanes of at least 4 members (excludes halogenated alkanes) is 3. The minimum Gasteiger partial charge on any atom is -0.396 e. The zero-order valence-electron chi connectivity index (χ0n) is 9.65. The summed E-state index contributed by atoms with van der Waals surface area (Å²) < 4.78 is 1.61. The first-order valence-electron chi connectivity index (χ1n) is 5.61. The Morgan fingerprint density at radius 1 is 1.44 bits per heavy atom. The maximum absolute atomic E-state index is 11.5. The summed E-state index contributed by atoms with van der Waals surface area (Å²) in [6.45, 7) is 0.932. The minimum absolute atomic E-state index is 0.0738. The molecule has 0 bridgehead atoms. The molecule has 0 saturated heterocycles. The molecule has 1 rings (SSSR count). The molecule has 5 nitrogen and oxygen atoms in total. The van der Waals surface area contributed by atoms with Crippen molar-refractivity contribution in [2.45, 2.75) is 25.7 Å². The van der Waals surface area contributed by atoms with Crippen LogP contribution in [0.1, 0.15) is 36.0 Å². The number of carbonyl (C=O) groups is 1. The van der Waals surface area contributed by atoms with Gasteiger partial charge in [0.1, 0.15) is 0 Å². The fraction of sp³-hybridized carbons (Fsp3) is 0.636. The lowest BCUT2D eigenvalue weighted by atomic mass is 10.2. The molecule has 0 aliphatic heterocycles. The molecule has 16 heavy (non-hydrogen) atoms. The SMILES string of the molecule is Cn1cc(C(=O)NCCCCCCO)cn1. The summed E-state index contributed by atoms with van der Waals surface area (Å²) in [7, 11) is 1.78. The van der Waals surface area contributed by atoms with Gasteiger partial charge in [0.25, 0.3) is 5.91 Å². The molecule has 0 saturated carbocycles. The Balaban J connectivity index is 2.11. The van der Waals surface area contributed by atoms with Gasteiger partial charge in [-0.25, -0.2) is 0 Å². The molecule has 0 spiro atoms. The van der Waals surface area contributed by atoms with Crippen molar-refractivity contribution < 1.29 is 9.90 Å². The van der Waals surface area contributed by atoms with Crippen LogP contribution < -0.4 is 5.32 Å². The van der Waals surface area contributed by atoms with Crippen LogP contribution in [0.15, 0.2) is 12.4 Å². The Kier molecular flexibility index (Phi) is 5.56. The quantitative estimate of drug-likeness (QED) is 0.671. The molecule has 0 atom stereocenters. The second-order valence-corrected chi connectivity index (χ2v) is 3.80. The van der Waals surface area contributed by atoms with Gasteiger partial charge in [-0.05, 0) is 12.8 Å². The summed E-state index contributed by atoms with van der Waals surface area (Å²) in [5.41, 5.74) is 0.595. The molecule has 0 radical (unpaired) electrons. The number of hydrogen-bond donors (Lipinski definition) is 2. The van der Waals surface area contributed by atoms with Crippen molar-refractivity contribution in [2.24, 2.45) is 7.05 Å². The summed E-state index contributed by atoms with van der Waals surface area (Å²) in [5.74, 6) is -0.0738. The Morgan fingerprint density at radius 2 is 2.19 bits per heavy atom. The number of amides is 1. The van der Waals surface area contributed by atoms with Crippen LogP contribution in [0.5, 0.6) is 0 Å². The van der Waals surface area contributed by atoms with Crippen LogP contribution in [0.3, 0.4) is 0 Å². The molecule has 0 aliphatic carbocycles. The third-order valence-electron chi connectivity index (χ3n) is 2.34. The number of aliphatic hydroxyl groups excluding tert-OH is 1. The smallest absolute Gasteiger partial charge is 0.254 e. The lowest BCUT2D eigenvalue weighted by molar-refractivity contribution is 0.0952. The van der Waals surface area contributed by atoms with Crippen molar-refractivity contribution in [3.05, 3.63) is 18.0 Å². The number of nitrogens with one attached hydrogen (secondary N) is 1. The van der Waals surface area contributed by atoms with E-state index in [0.29, 0.717) is 12.1 Å². The fourth-order valence-corrected chi connectivity index (χ4v) is 1.43. The van der Waals surface area contributed by atoms with E-state index in [1.54, 1.807) is 24.1 Å². The van der Waals surface area contributed by atoms with Gasteiger partial charge in [0.2, 0.25) is 0 Å². The number of nitrogens with zero attached hydrogens (tertiary/aromatic N) is 2. The summed E-state index contributed by atoms with van der Waals surface area (Å²) in [6.07, 6.45) is 7.10. The number of rotatable bonds is 7. The summed E-state index contributed by atoms with van der Waals surface area (Å²) in [6, 6.07) is 0. The molecule has 1 aromatic heterocycles. The van der Waals surface area contributed by atoms with Gasteiger partial charge in [-0.1, -0.05) is 12.8 Å². The van der Waals surface area contributed by atoms with E-state index in [0.717, 1.165) is 25.7 Å². The van der Waals surface area contributed by atoms with Gasteiger partial charge in [0.05, 0.1) is 11.8 Å². The van der Waals surface area contributed by atoms with Gasteiger partial charge in [-0.15, -0.1) is 0 Å². The highest BCUT2D eigenvalue weighted by atomic mass is 16.2. The zero-order valence-corrected chi connectivity index (χ0v) is 9.65. The Morgan fingerprint density at radius 3 is 2.81 bits per heavy atom. The van der Waals surface area contributed by atoms with Gasteiger partial charge >= 0.3 is 0 Å². The highest BCUT2D eigenvalue weighted by molar-refractivity contribution is 5.93. The van der Waals surface area contributed by atoms with Gasteiger partial charge in [-0.3, -0.25) is 9.48 Å². The molecule has 0 aromatic carbocycles. The standard InChI is InChI=1S/C11H19N3O2/c1-14-9-10(8-13-14)11(16)12-6-4-2-3-5-7-15/h8-9,15H,2-7H2,1H3,(H,12,16). The van der Waals surface area contributed by atoms with Crippen LogP contribution in [0.25, 0.3) is 0 Å². The maximum atomic E-state index is 11.5. The van der Waals surface area contributed by atoms with Crippen LogP contribution in [-0.2, 0) is 7.05 Å². The lowest BCUT2D eigenvalue weighted by Crippen LogP contribution is -2.24. The maximum Gasteiger partial charge on any atom is 0.254 e. The highest BCUT2D eigenvalue weighted by Gasteiger charge is 2.05. The molecule has 0 aliphatic rings. The molecule has 5 heteroatoms. The highest BCUT2D eigenvalue weighted by Crippen LogP contribution is 1.99. The van der Waals surface area contributed by atoms with Crippen LogP contribution >= 0.6 is 0 Å². The Hall–Kier alpha value is -1.36. The number of hydrogen-bond acceptors (Lipinski definition) is 3. The van der Waals surface area contributed by atoms with Crippen molar-refractivity contribution in [3.63, 3.8) is 0 Å². The minimum atomic E-state index is -0.0738. The molecule has 2 N–H and O–H groups in total. The van der Waals surface area contributed by atoms with E-state index >= 15 is 0 Å². The third-order valence-corrected chi connectivity index (χ3v) is 2.34. The number of aromatic nitrogens is 2. The largest absolute Gasteiger partial charge is 0.396 e. The van der Waals surface area contributed by atoms with Crippen molar-refractivity contribution in [1.29, 1.82) is 0 Å². The first kappa shape index (κ1) is 12.7. The van der Waals surface area contributed by atoms with E-state index in [9.17, 15) is 4.79 Å². The van der Waals surface area contributed by atoms with Crippen LogP contribution in [0, 0.1) is 0 Å². The summed E-state index contributed by atoms with van der Waals surface area (Å²) >= 11 is 0. The van der Waals surface area contributed by atoms with Crippen molar-refractivity contribution in [1.82, 2.24) is 15.1 Å². The summed E-state index contributed by atoms with van der Waals surface area (Å²) in [5, 5.41) is 15.4. The molecule has 1 aromatic rings. The Labute approximate surface area is 95.5 Å². The molecular weight excluding hydrogens is 206 g/mol. The van der Waals surface area contributed by atoms with Crippen molar-refractivity contribution in [2.75, 3.05) is 13.2 Å². The summed E-state index contributed by atoms with van der Waals surface area (Å²) in [4.78, 5) is 11.5. The van der Waals surface area contributed by atoms with Gasteiger partial charge in [-0.2, -0.15) is 5.10 Å². The first-order chi connectivity index (χ1) is 7.74. The van der Waals surface area contributed by atoms with Crippen LogP contribution in [0.4, 0.5) is 0 Å². The number of aliphatic hydroxyl groups is 1. The molecule has 1 heterocycles. The molecule has 90 valence electrons. The molecular formula is C11H19N3O2. The fourth-order valence-electron chi connectivity index (χ4n) is 1.43. The van der Waals surface area contributed by atoms with E-state index in [4.69, 9.17) is 5.11 Å². The molecule has 1 amide bonds. The third kappa shape index (κ3) is 4.44. The number of aryl methyl sites for hydroxylation is 1. The van der Waals surface area contributed by atoms with E-state index in [2.05, 4.69) is 10.4 Å². The Bertz CT molecular complexity index is 323. The predicted octanol–water partition coefficient (Wildman–Crippen LogP) is 0.703. The monoisotopic (exact) mass is 225 g/mol. The van der Waals surface area contributed by atoms with E-state index in [1.165, 1.54) is 0 Å². The topological polar surface area (TPSA) is 67.2 Å². The average Bonchev–Trinajstić information content (AvgIpc) is 2.70. The second-order valence-electron chi connectivity index (χ2n) is 3.80. The van der Waals surface area contributed by atoms with Gasteiger partial charge < -0.3 is 10.4 Å². The predicted molar refractivity (Wildman–Crippen MR) is 61.1 cm³/mol. The molecule has 0 fully saturated rings. The second kappa shape index (κ2) is 7.00. The van der Waals surface area contributed by atoms with Crippen molar-refractivity contribution >= 4 is 5.91 Å². The average molecular weight is 225 g/mol. The normalized spacial score (nSPS) is 10.4. The van der Waals surface area contributed by atoms with E-state index < -0.39 is 0 Å². The number of carbonyl (C=O) groups excluding carboxylic acids is 1. The van der Waals surface area contributed by atoms with Crippen molar-refractivity contribution in [3.8, 4) is 0 Å². The van der Waals surface area contributed by atoms with Crippen LogP contribution in [-0.4, -0.2) is 33.9 Å². The van der Waals surface area contributed by atoms with E-state index in [-0.39, 0.29) is 12.5 Å².